The number of hydrogen-bond donors (Lipinski definition) is 2. The van der Waals surface area contributed by atoms with E-state index in [2.05, 4.69) is 22.1 Å². The highest BCUT2D eigenvalue weighted by Crippen LogP contribution is 2.32. The van der Waals surface area contributed by atoms with Crippen molar-refractivity contribution in [3.8, 4) is 0 Å². The molecule has 120 valence electrons. The molecule has 1 aliphatic rings. The minimum atomic E-state index is -0.0646. The molecule has 2 aromatic heterocycles. The second-order valence-corrected chi connectivity index (χ2v) is 7.05. The van der Waals surface area contributed by atoms with Crippen LogP contribution in [0.4, 0.5) is 0 Å². The molecule has 3 heterocycles. The van der Waals surface area contributed by atoms with E-state index in [9.17, 15) is 4.79 Å². The average Bonchev–Trinajstić information content (AvgIpc) is 3.18. The second kappa shape index (κ2) is 6.81. The fourth-order valence-electron chi connectivity index (χ4n) is 2.98. The van der Waals surface area contributed by atoms with Crippen LogP contribution in [0.15, 0.2) is 6.07 Å². The zero-order valence-corrected chi connectivity index (χ0v) is 14.0. The monoisotopic (exact) mass is 321 g/mol. The van der Waals surface area contributed by atoms with E-state index >= 15 is 0 Å². The maximum Gasteiger partial charge on any atom is 0.267 e. The van der Waals surface area contributed by atoms with Gasteiger partial charge in [-0.15, -0.1) is 11.3 Å². The van der Waals surface area contributed by atoms with Gasteiger partial charge >= 0.3 is 0 Å². The summed E-state index contributed by atoms with van der Waals surface area (Å²) in [6.07, 6.45) is 2.59. The van der Waals surface area contributed by atoms with Crippen molar-refractivity contribution in [2.24, 2.45) is 0 Å². The van der Waals surface area contributed by atoms with Gasteiger partial charge in [-0.1, -0.05) is 0 Å². The molecule has 5 nitrogen and oxygen atoms in total. The minimum absolute atomic E-state index is 0.0646. The summed E-state index contributed by atoms with van der Waals surface area (Å²) in [4.78, 5) is 19.3. The quantitative estimate of drug-likeness (QED) is 0.804. The van der Waals surface area contributed by atoms with Crippen LogP contribution in [0.25, 0.3) is 10.2 Å². The van der Waals surface area contributed by atoms with E-state index in [1.165, 1.54) is 41.1 Å². The van der Waals surface area contributed by atoms with Crippen LogP contribution in [0, 0.1) is 6.92 Å². The number of nitrogens with zero attached hydrogens (tertiary/aromatic N) is 1. The van der Waals surface area contributed by atoms with Crippen LogP contribution >= 0.6 is 11.3 Å². The van der Waals surface area contributed by atoms with Gasteiger partial charge in [0.15, 0.2) is 0 Å². The number of methoxy groups -OCH3 is 1. The van der Waals surface area contributed by atoms with Crippen LogP contribution in [0.1, 0.15) is 33.8 Å². The molecule has 2 N–H and O–H groups in total. The third kappa shape index (κ3) is 3.19. The molecule has 0 aromatic carbocycles. The van der Waals surface area contributed by atoms with Crippen molar-refractivity contribution in [1.29, 1.82) is 0 Å². The molecule has 0 atom stereocenters. The third-order valence-electron chi connectivity index (χ3n) is 4.19. The Balaban J connectivity index is 1.77. The van der Waals surface area contributed by atoms with Crippen LogP contribution in [0.3, 0.4) is 0 Å². The van der Waals surface area contributed by atoms with Crippen molar-refractivity contribution in [3.63, 3.8) is 0 Å². The molecule has 1 amide bonds. The molecule has 3 rings (SSSR count). The van der Waals surface area contributed by atoms with Gasteiger partial charge in [-0.05, 0) is 38.9 Å². The van der Waals surface area contributed by atoms with Gasteiger partial charge in [0.1, 0.15) is 5.69 Å². The summed E-state index contributed by atoms with van der Waals surface area (Å²) in [5.41, 5.74) is 3.11. The maximum absolute atomic E-state index is 12.1. The lowest BCUT2D eigenvalue weighted by Crippen LogP contribution is -2.27. The zero-order valence-electron chi connectivity index (χ0n) is 13.2. The molecule has 0 saturated carbocycles. The number of H-pyrrole nitrogens is 1. The lowest BCUT2D eigenvalue weighted by Gasteiger charge is -2.14. The van der Waals surface area contributed by atoms with E-state index in [0.717, 1.165) is 12.1 Å². The number of aromatic nitrogens is 1. The Hall–Kier alpha value is -1.37. The number of ether oxygens (including phenoxy) is 1. The van der Waals surface area contributed by atoms with Gasteiger partial charge in [0.25, 0.3) is 5.91 Å². The Morgan fingerprint density at radius 2 is 2.23 bits per heavy atom. The maximum atomic E-state index is 12.1. The van der Waals surface area contributed by atoms with Crippen LogP contribution in [0.5, 0.6) is 0 Å². The highest BCUT2D eigenvalue weighted by molar-refractivity contribution is 7.19. The molecule has 22 heavy (non-hydrogen) atoms. The third-order valence-corrected chi connectivity index (χ3v) is 5.28. The van der Waals surface area contributed by atoms with Gasteiger partial charge in [-0.3, -0.25) is 9.69 Å². The number of nitrogens with one attached hydrogen (secondary N) is 2. The Morgan fingerprint density at radius 3 is 2.95 bits per heavy atom. The molecule has 1 aliphatic heterocycles. The van der Waals surface area contributed by atoms with Gasteiger partial charge in [-0.2, -0.15) is 0 Å². The van der Waals surface area contributed by atoms with Gasteiger partial charge in [0.05, 0.1) is 16.8 Å². The van der Waals surface area contributed by atoms with E-state index in [0.29, 0.717) is 18.8 Å². The molecule has 0 spiro atoms. The number of aryl methyl sites for hydroxylation is 1. The highest BCUT2D eigenvalue weighted by Gasteiger charge is 2.19. The fourth-order valence-corrected chi connectivity index (χ4v) is 4.05. The van der Waals surface area contributed by atoms with E-state index in [1.807, 2.05) is 6.07 Å². The standard InChI is InChI=1S/C16H23N3O2S/c1-11-12(10-19-6-3-4-7-19)15-14(22-11)9-13(18-15)16(20)17-5-8-21-2/h9,18H,3-8,10H2,1-2H3,(H,17,20). The van der Waals surface area contributed by atoms with Crippen LogP contribution in [-0.4, -0.2) is 49.1 Å². The smallest absolute Gasteiger partial charge is 0.267 e. The lowest BCUT2D eigenvalue weighted by atomic mass is 10.2. The summed E-state index contributed by atoms with van der Waals surface area (Å²) in [5, 5.41) is 2.86. The van der Waals surface area contributed by atoms with Crippen molar-refractivity contribution in [1.82, 2.24) is 15.2 Å². The lowest BCUT2D eigenvalue weighted by molar-refractivity contribution is 0.0933. The predicted molar refractivity (Wildman–Crippen MR) is 89.6 cm³/mol. The first-order valence-corrected chi connectivity index (χ1v) is 8.61. The van der Waals surface area contributed by atoms with E-state index in [-0.39, 0.29) is 5.91 Å². The van der Waals surface area contributed by atoms with Crippen molar-refractivity contribution in [3.05, 3.63) is 22.2 Å². The molecular formula is C16H23N3O2S. The van der Waals surface area contributed by atoms with Gasteiger partial charge in [-0.25, -0.2) is 0 Å². The van der Waals surface area contributed by atoms with Crippen LogP contribution in [0.2, 0.25) is 0 Å². The molecule has 0 radical (unpaired) electrons. The summed E-state index contributed by atoms with van der Waals surface area (Å²) >= 11 is 1.77. The Morgan fingerprint density at radius 1 is 1.45 bits per heavy atom. The topological polar surface area (TPSA) is 57.4 Å². The fraction of sp³-hybridized carbons (Fsp3) is 0.562. The van der Waals surface area contributed by atoms with Crippen molar-refractivity contribution in [2.45, 2.75) is 26.3 Å². The van der Waals surface area contributed by atoms with E-state index < -0.39 is 0 Å². The second-order valence-electron chi connectivity index (χ2n) is 5.79. The molecule has 1 saturated heterocycles. The van der Waals surface area contributed by atoms with E-state index in [1.54, 1.807) is 18.4 Å². The molecule has 2 aromatic rings. The highest BCUT2D eigenvalue weighted by atomic mass is 32.1. The summed E-state index contributed by atoms with van der Waals surface area (Å²) < 4.78 is 6.12. The van der Waals surface area contributed by atoms with Gasteiger partial charge < -0.3 is 15.0 Å². The van der Waals surface area contributed by atoms with Crippen molar-refractivity contribution < 1.29 is 9.53 Å². The number of carbonyl (C=O) groups excluding carboxylic acids is 1. The molecule has 0 aliphatic carbocycles. The van der Waals surface area contributed by atoms with Crippen LogP contribution in [-0.2, 0) is 11.3 Å². The predicted octanol–water partition coefficient (Wildman–Crippen LogP) is 2.51. The summed E-state index contributed by atoms with van der Waals surface area (Å²) in [6, 6.07) is 1.96. The zero-order chi connectivity index (χ0) is 15.5. The number of carbonyl (C=O) groups is 1. The van der Waals surface area contributed by atoms with Gasteiger partial charge in [0, 0.05) is 30.6 Å². The van der Waals surface area contributed by atoms with Crippen molar-refractivity contribution in [2.75, 3.05) is 33.4 Å². The summed E-state index contributed by atoms with van der Waals surface area (Å²) in [6.45, 7) is 6.57. The van der Waals surface area contributed by atoms with Gasteiger partial charge in [0.2, 0.25) is 0 Å². The number of rotatable bonds is 6. The number of aromatic amines is 1. The van der Waals surface area contributed by atoms with E-state index in [4.69, 9.17) is 4.74 Å². The normalized spacial score (nSPS) is 15.7. The SMILES string of the molecule is COCCNC(=O)c1cc2sc(C)c(CN3CCCC3)c2[nH]1. The number of fused-ring (bicyclic) bond motifs is 1. The average molecular weight is 321 g/mol. The minimum Gasteiger partial charge on any atom is -0.383 e. The molecule has 0 unspecified atom stereocenters. The largest absolute Gasteiger partial charge is 0.383 e. The molecule has 6 heteroatoms. The summed E-state index contributed by atoms with van der Waals surface area (Å²) in [5.74, 6) is -0.0646. The molecular weight excluding hydrogens is 298 g/mol. The number of thiophene rings is 1. The first-order chi connectivity index (χ1) is 10.7. The Kier molecular flexibility index (Phi) is 4.81. The number of likely N-dealkylation sites (tertiary alicyclic amines) is 1. The number of amides is 1. The molecule has 0 bridgehead atoms. The Labute approximate surface area is 134 Å². The van der Waals surface area contributed by atoms with Crippen molar-refractivity contribution >= 4 is 27.5 Å². The molecule has 1 fully saturated rings. The number of hydrogen-bond acceptors (Lipinski definition) is 4. The first kappa shape index (κ1) is 15.5. The first-order valence-electron chi connectivity index (χ1n) is 7.79. The van der Waals surface area contributed by atoms with Crippen LogP contribution < -0.4 is 5.32 Å². The Bertz CT molecular complexity index is 656. The summed E-state index contributed by atoms with van der Waals surface area (Å²) in [7, 11) is 1.63.